The SMILES string of the molecule is Cc1noc(C)c1-c1c(C#N)c(N)nc2c1CN(C(=O)c1ccccc1)CC2. The lowest BCUT2D eigenvalue weighted by Gasteiger charge is -2.30. The molecule has 1 aliphatic rings. The van der Waals surface area contributed by atoms with Crippen LogP contribution in [-0.2, 0) is 13.0 Å². The van der Waals surface area contributed by atoms with Crippen molar-refractivity contribution in [2.75, 3.05) is 12.3 Å². The number of nitriles is 1. The topological polar surface area (TPSA) is 109 Å². The zero-order valence-electron chi connectivity index (χ0n) is 15.7. The maximum Gasteiger partial charge on any atom is 0.254 e. The molecule has 0 spiro atoms. The molecule has 0 unspecified atom stereocenters. The fourth-order valence-corrected chi connectivity index (χ4v) is 3.75. The molecule has 4 rings (SSSR count). The molecule has 7 heteroatoms. The number of hydrogen-bond acceptors (Lipinski definition) is 6. The number of anilines is 1. The van der Waals surface area contributed by atoms with Crippen LogP contribution in [0.2, 0.25) is 0 Å². The maximum absolute atomic E-state index is 12.9. The Labute approximate surface area is 162 Å². The molecule has 28 heavy (non-hydrogen) atoms. The van der Waals surface area contributed by atoms with Crippen LogP contribution in [0.5, 0.6) is 0 Å². The van der Waals surface area contributed by atoms with Crippen LogP contribution in [0.1, 0.15) is 38.6 Å². The van der Waals surface area contributed by atoms with Gasteiger partial charge in [0.1, 0.15) is 23.2 Å². The highest BCUT2D eigenvalue weighted by Gasteiger charge is 2.30. The summed E-state index contributed by atoms with van der Waals surface area (Å²) in [6.45, 7) is 4.52. The van der Waals surface area contributed by atoms with Crippen molar-refractivity contribution < 1.29 is 9.32 Å². The molecule has 0 saturated carbocycles. The van der Waals surface area contributed by atoms with Gasteiger partial charge in [-0.25, -0.2) is 4.98 Å². The molecule has 7 nitrogen and oxygen atoms in total. The number of nitrogens with two attached hydrogens (primary N) is 1. The maximum atomic E-state index is 12.9. The van der Waals surface area contributed by atoms with E-state index in [-0.39, 0.29) is 11.7 Å². The molecule has 2 N–H and O–H groups in total. The fraction of sp³-hybridized carbons (Fsp3) is 0.238. The van der Waals surface area contributed by atoms with Crippen LogP contribution in [0.15, 0.2) is 34.9 Å². The van der Waals surface area contributed by atoms with E-state index in [2.05, 4.69) is 16.2 Å². The Morgan fingerprint density at radius 2 is 2.00 bits per heavy atom. The highest BCUT2D eigenvalue weighted by molar-refractivity contribution is 5.94. The van der Waals surface area contributed by atoms with Gasteiger partial charge in [0.15, 0.2) is 0 Å². The highest BCUT2D eigenvalue weighted by atomic mass is 16.5. The van der Waals surface area contributed by atoms with Gasteiger partial charge in [-0.15, -0.1) is 0 Å². The van der Waals surface area contributed by atoms with E-state index >= 15 is 0 Å². The molecule has 2 aromatic heterocycles. The van der Waals surface area contributed by atoms with E-state index in [1.165, 1.54) is 0 Å². The molecule has 0 bridgehead atoms. The van der Waals surface area contributed by atoms with Crippen LogP contribution in [0.3, 0.4) is 0 Å². The molecule has 0 saturated heterocycles. The first-order valence-electron chi connectivity index (χ1n) is 9.00. The number of fused-ring (bicyclic) bond motifs is 1. The molecule has 0 atom stereocenters. The summed E-state index contributed by atoms with van der Waals surface area (Å²) in [5.41, 5.74) is 10.7. The molecule has 1 amide bonds. The van der Waals surface area contributed by atoms with Gasteiger partial charge >= 0.3 is 0 Å². The lowest BCUT2D eigenvalue weighted by atomic mass is 9.90. The third kappa shape index (κ3) is 2.79. The third-order valence-corrected chi connectivity index (χ3v) is 5.08. The molecule has 0 fully saturated rings. The molecular weight excluding hydrogens is 354 g/mol. The van der Waals surface area contributed by atoms with Gasteiger partial charge < -0.3 is 15.2 Å². The lowest BCUT2D eigenvalue weighted by Crippen LogP contribution is -2.37. The zero-order valence-corrected chi connectivity index (χ0v) is 15.7. The Morgan fingerprint density at radius 3 is 2.64 bits per heavy atom. The number of amides is 1. The van der Waals surface area contributed by atoms with Crippen LogP contribution < -0.4 is 5.73 Å². The summed E-state index contributed by atoms with van der Waals surface area (Å²) < 4.78 is 5.32. The van der Waals surface area contributed by atoms with Crippen LogP contribution in [0.25, 0.3) is 11.1 Å². The Bertz CT molecular complexity index is 1090. The first-order chi connectivity index (χ1) is 13.5. The standard InChI is InChI=1S/C21H19N5O2/c1-12-18(13(2)28-25-12)19-15(10-22)20(23)24-17-8-9-26(11-16(17)19)21(27)14-6-4-3-5-7-14/h3-7H,8-9,11H2,1-2H3,(H2,23,24). The first-order valence-corrected chi connectivity index (χ1v) is 9.00. The number of nitrogen functional groups attached to an aromatic ring is 1. The molecule has 1 aromatic carbocycles. The van der Waals surface area contributed by atoms with Crippen molar-refractivity contribution >= 4 is 11.7 Å². The quantitative estimate of drug-likeness (QED) is 0.739. The Kier molecular flexibility index (Phi) is 4.32. The van der Waals surface area contributed by atoms with E-state index in [1.54, 1.807) is 24.0 Å². The van der Waals surface area contributed by atoms with Crippen molar-refractivity contribution in [3.05, 3.63) is 64.2 Å². The Morgan fingerprint density at radius 1 is 1.25 bits per heavy atom. The molecule has 140 valence electrons. The molecule has 1 aliphatic heterocycles. The van der Waals surface area contributed by atoms with E-state index in [0.29, 0.717) is 47.7 Å². The predicted molar refractivity (Wildman–Crippen MR) is 103 cm³/mol. The average Bonchev–Trinajstić information content (AvgIpc) is 3.04. The van der Waals surface area contributed by atoms with Gasteiger partial charge in [-0.1, -0.05) is 23.4 Å². The normalized spacial score (nSPS) is 13.1. The zero-order chi connectivity index (χ0) is 19.8. The van der Waals surface area contributed by atoms with Gasteiger partial charge in [0, 0.05) is 41.8 Å². The number of aryl methyl sites for hydroxylation is 2. The van der Waals surface area contributed by atoms with Crippen molar-refractivity contribution in [2.24, 2.45) is 0 Å². The van der Waals surface area contributed by atoms with Gasteiger partial charge in [-0.3, -0.25) is 4.79 Å². The average molecular weight is 373 g/mol. The van der Waals surface area contributed by atoms with E-state index in [9.17, 15) is 10.1 Å². The van der Waals surface area contributed by atoms with E-state index < -0.39 is 0 Å². The summed E-state index contributed by atoms with van der Waals surface area (Å²) in [5, 5.41) is 13.8. The summed E-state index contributed by atoms with van der Waals surface area (Å²) in [5.74, 6) is 0.749. The number of benzene rings is 1. The summed E-state index contributed by atoms with van der Waals surface area (Å²) in [6.07, 6.45) is 0.570. The number of aromatic nitrogens is 2. The Hall–Kier alpha value is -3.66. The van der Waals surface area contributed by atoms with E-state index in [1.807, 2.05) is 25.1 Å². The van der Waals surface area contributed by atoms with Gasteiger partial charge in [0.2, 0.25) is 0 Å². The molecule has 0 aliphatic carbocycles. The number of carbonyl (C=O) groups excluding carboxylic acids is 1. The minimum atomic E-state index is -0.0497. The summed E-state index contributed by atoms with van der Waals surface area (Å²) in [7, 11) is 0. The fourth-order valence-electron chi connectivity index (χ4n) is 3.75. The molecule has 0 radical (unpaired) electrons. The molecular formula is C21H19N5O2. The highest BCUT2D eigenvalue weighted by Crippen LogP contribution is 2.38. The van der Waals surface area contributed by atoms with Crippen molar-refractivity contribution in [2.45, 2.75) is 26.8 Å². The second kappa shape index (κ2) is 6.82. The molecule has 3 heterocycles. The van der Waals surface area contributed by atoms with E-state index in [0.717, 1.165) is 16.8 Å². The summed E-state index contributed by atoms with van der Waals surface area (Å²) in [4.78, 5) is 19.2. The van der Waals surface area contributed by atoms with Crippen LogP contribution in [0.4, 0.5) is 5.82 Å². The Balaban J connectivity index is 1.85. The van der Waals surface area contributed by atoms with Crippen molar-refractivity contribution in [3.63, 3.8) is 0 Å². The molecule has 3 aromatic rings. The first kappa shape index (κ1) is 17.7. The predicted octanol–water partition coefficient (Wildman–Crippen LogP) is 3.01. The second-order valence-corrected chi connectivity index (χ2v) is 6.83. The van der Waals surface area contributed by atoms with Crippen molar-refractivity contribution in [3.8, 4) is 17.2 Å². The number of pyridine rings is 1. The van der Waals surface area contributed by atoms with Gasteiger partial charge in [0.05, 0.1) is 11.4 Å². The van der Waals surface area contributed by atoms with Crippen molar-refractivity contribution in [1.29, 1.82) is 5.26 Å². The largest absolute Gasteiger partial charge is 0.383 e. The van der Waals surface area contributed by atoms with Gasteiger partial charge in [0.25, 0.3) is 5.91 Å². The minimum absolute atomic E-state index is 0.0497. The lowest BCUT2D eigenvalue weighted by molar-refractivity contribution is 0.0734. The van der Waals surface area contributed by atoms with E-state index in [4.69, 9.17) is 10.3 Å². The number of nitrogens with zero attached hydrogens (tertiary/aromatic N) is 4. The van der Waals surface area contributed by atoms with Gasteiger partial charge in [-0.05, 0) is 26.0 Å². The third-order valence-electron chi connectivity index (χ3n) is 5.08. The van der Waals surface area contributed by atoms with Crippen LogP contribution >= 0.6 is 0 Å². The number of rotatable bonds is 2. The smallest absolute Gasteiger partial charge is 0.254 e. The van der Waals surface area contributed by atoms with Crippen molar-refractivity contribution in [1.82, 2.24) is 15.0 Å². The second-order valence-electron chi connectivity index (χ2n) is 6.83. The van der Waals surface area contributed by atoms with Crippen LogP contribution in [0, 0.1) is 25.2 Å². The summed E-state index contributed by atoms with van der Waals surface area (Å²) in [6, 6.07) is 11.3. The minimum Gasteiger partial charge on any atom is -0.383 e. The number of carbonyl (C=O) groups is 1. The van der Waals surface area contributed by atoms with Gasteiger partial charge in [-0.2, -0.15) is 5.26 Å². The van der Waals surface area contributed by atoms with Crippen LogP contribution in [-0.4, -0.2) is 27.5 Å². The summed E-state index contributed by atoms with van der Waals surface area (Å²) >= 11 is 0. The monoisotopic (exact) mass is 373 g/mol. The number of hydrogen-bond donors (Lipinski definition) is 1.